The highest BCUT2D eigenvalue weighted by Crippen LogP contribution is 2.24. The molecule has 0 spiro atoms. The van der Waals surface area contributed by atoms with Gasteiger partial charge in [-0.2, -0.15) is 0 Å². The molecule has 108 valence electrons. The molecule has 2 aromatic rings. The molecule has 0 amide bonds. The van der Waals surface area contributed by atoms with Gasteiger partial charge in [0.1, 0.15) is 10.5 Å². The lowest BCUT2D eigenvalue weighted by Gasteiger charge is -2.39. The van der Waals surface area contributed by atoms with Crippen LogP contribution in [0.2, 0.25) is 0 Å². The average Bonchev–Trinajstić information content (AvgIpc) is 2.90. The highest BCUT2D eigenvalue weighted by Gasteiger charge is 2.27. The number of likely N-dealkylation sites (tertiary alicyclic amines) is 1. The quantitative estimate of drug-likeness (QED) is 0.902. The van der Waals surface area contributed by atoms with Gasteiger partial charge in [0.05, 0.1) is 12.1 Å². The van der Waals surface area contributed by atoms with E-state index in [9.17, 15) is 4.79 Å². The molecule has 3 heterocycles. The molecule has 20 heavy (non-hydrogen) atoms. The van der Waals surface area contributed by atoms with Gasteiger partial charge in [0.25, 0.3) is 5.56 Å². The zero-order valence-electron chi connectivity index (χ0n) is 11.6. The molecular formula is C14H20N4OS. The van der Waals surface area contributed by atoms with Gasteiger partial charge in [-0.1, -0.05) is 6.42 Å². The second-order valence-electron chi connectivity index (χ2n) is 5.49. The van der Waals surface area contributed by atoms with Crippen LogP contribution in [0.15, 0.2) is 16.2 Å². The number of H-pyrrole nitrogens is 1. The molecule has 1 aliphatic heterocycles. The Bertz CT molecular complexity index is 650. The van der Waals surface area contributed by atoms with Gasteiger partial charge in [0.2, 0.25) is 0 Å². The van der Waals surface area contributed by atoms with E-state index in [0.717, 1.165) is 17.8 Å². The largest absolute Gasteiger partial charge is 0.329 e. The zero-order chi connectivity index (χ0) is 14.1. The molecule has 6 heteroatoms. The number of hydrogen-bond acceptors (Lipinski definition) is 5. The maximum Gasteiger partial charge on any atom is 0.268 e. The molecule has 5 nitrogen and oxygen atoms in total. The molecule has 0 saturated carbocycles. The van der Waals surface area contributed by atoms with Crippen LogP contribution < -0.4 is 11.3 Å². The molecule has 0 aliphatic carbocycles. The molecule has 0 aromatic carbocycles. The van der Waals surface area contributed by atoms with Crippen LogP contribution in [0.25, 0.3) is 10.2 Å². The van der Waals surface area contributed by atoms with Crippen molar-refractivity contribution in [1.29, 1.82) is 0 Å². The summed E-state index contributed by atoms with van der Waals surface area (Å²) < 4.78 is 0.704. The van der Waals surface area contributed by atoms with Crippen molar-refractivity contribution in [2.75, 3.05) is 6.54 Å². The van der Waals surface area contributed by atoms with Crippen molar-refractivity contribution < 1.29 is 0 Å². The monoisotopic (exact) mass is 292 g/mol. The minimum atomic E-state index is -0.0334. The number of thiophene rings is 1. The molecule has 1 fully saturated rings. The Morgan fingerprint density at radius 2 is 2.40 bits per heavy atom. The Hall–Kier alpha value is -1.24. The van der Waals surface area contributed by atoms with Crippen molar-refractivity contribution in [3.05, 3.63) is 27.6 Å². The van der Waals surface area contributed by atoms with Gasteiger partial charge in [-0.15, -0.1) is 11.3 Å². The molecular weight excluding hydrogens is 272 g/mol. The third-order valence-electron chi connectivity index (χ3n) is 4.16. The Kier molecular flexibility index (Phi) is 3.87. The van der Waals surface area contributed by atoms with Crippen LogP contribution in [0.3, 0.4) is 0 Å². The fourth-order valence-corrected chi connectivity index (χ4v) is 3.77. The van der Waals surface area contributed by atoms with E-state index in [0.29, 0.717) is 29.9 Å². The van der Waals surface area contributed by atoms with Gasteiger partial charge in [-0.05, 0) is 31.2 Å². The summed E-state index contributed by atoms with van der Waals surface area (Å²) in [4.78, 5) is 21.9. The smallest absolute Gasteiger partial charge is 0.268 e. The first-order valence-electron chi connectivity index (χ1n) is 7.11. The SMILES string of the molecule is CC1CCCC(CN)N1Cc1nc2ccsc2c(=O)[nH]1. The lowest BCUT2D eigenvalue weighted by Crippen LogP contribution is -2.48. The van der Waals surface area contributed by atoms with Crippen molar-refractivity contribution in [2.24, 2.45) is 5.73 Å². The van der Waals surface area contributed by atoms with Crippen molar-refractivity contribution in [3.63, 3.8) is 0 Å². The van der Waals surface area contributed by atoms with Crippen LogP contribution in [0, 0.1) is 0 Å². The Labute approximate surface area is 121 Å². The van der Waals surface area contributed by atoms with Crippen molar-refractivity contribution in [3.8, 4) is 0 Å². The zero-order valence-corrected chi connectivity index (χ0v) is 12.4. The normalized spacial score (nSPS) is 24.3. The molecule has 2 aromatic heterocycles. The number of nitrogens with one attached hydrogen (secondary N) is 1. The Morgan fingerprint density at radius 1 is 1.55 bits per heavy atom. The lowest BCUT2D eigenvalue weighted by atomic mass is 9.96. The molecule has 3 N–H and O–H groups in total. The molecule has 0 bridgehead atoms. The minimum absolute atomic E-state index is 0.0334. The number of piperidine rings is 1. The van der Waals surface area contributed by atoms with Crippen molar-refractivity contribution >= 4 is 21.6 Å². The van der Waals surface area contributed by atoms with E-state index in [1.807, 2.05) is 11.4 Å². The van der Waals surface area contributed by atoms with Crippen LogP contribution in [0.1, 0.15) is 32.0 Å². The molecule has 1 saturated heterocycles. The van der Waals surface area contributed by atoms with E-state index >= 15 is 0 Å². The predicted octanol–water partition coefficient (Wildman–Crippen LogP) is 1.69. The van der Waals surface area contributed by atoms with Gasteiger partial charge in [0.15, 0.2) is 0 Å². The van der Waals surface area contributed by atoms with Crippen LogP contribution in [-0.4, -0.2) is 33.5 Å². The van der Waals surface area contributed by atoms with E-state index in [1.165, 1.54) is 24.2 Å². The van der Waals surface area contributed by atoms with Gasteiger partial charge < -0.3 is 10.7 Å². The lowest BCUT2D eigenvalue weighted by molar-refractivity contribution is 0.0863. The first kappa shape index (κ1) is 13.7. The van der Waals surface area contributed by atoms with Crippen LogP contribution in [0.5, 0.6) is 0 Å². The number of nitrogens with two attached hydrogens (primary N) is 1. The number of nitrogens with zero attached hydrogens (tertiary/aromatic N) is 2. The second-order valence-corrected chi connectivity index (χ2v) is 6.41. The molecule has 2 atom stereocenters. The summed E-state index contributed by atoms with van der Waals surface area (Å²) in [5.74, 6) is 0.744. The van der Waals surface area contributed by atoms with Gasteiger partial charge in [-0.25, -0.2) is 4.98 Å². The summed E-state index contributed by atoms with van der Waals surface area (Å²) in [5.41, 5.74) is 6.64. The molecule has 2 unspecified atom stereocenters. The number of fused-ring (bicyclic) bond motifs is 1. The standard InChI is InChI=1S/C14H20N4OS/c1-9-3-2-4-10(7-15)18(9)8-12-16-11-5-6-20-13(11)14(19)17-12/h5-6,9-10H,2-4,7-8,15H2,1H3,(H,16,17,19). The summed E-state index contributed by atoms with van der Waals surface area (Å²) in [6, 6.07) is 2.78. The Morgan fingerprint density at radius 3 is 3.20 bits per heavy atom. The van der Waals surface area contributed by atoms with Gasteiger partial charge >= 0.3 is 0 Å². The van der Waals surface area contributed by atoms with E-state index in [4.69, 9.17) is 5.73 Å². The van der Waals surface area contributed by atoms with Crippen LogP contribution in [-0.2, 0) is 6.54 Å². The average molecular weight is 292 g/mol. The Balaban J connectivity index is 1.89. The third kappa shape index (κ3) is 2.51. The fraction of sp³-hybridized carbons (Fsp3) is 0.571. The third-order valence-corrected chi connectivity index (χ3v) is 5.07. The highest BCUT2D eigenvalue weighted by atomic mass is 32.1. The summed E-state index contributed by atoms with van der Waals surface area (Å²) in [6.07, 6.45) is 3.54. The van der Waals surface area contributed by atoms with Crippen molar-refractivity contribution in [1.82, 2.24) is 14.9 Å². The summed E-state index contributed by atoms with van der Waals surface area (Å²) >= 11 is 1.43. The van der Waals surface area contributed by atoms with E-state index < -0.39 is 0 Å². The second kappa shape index (κ2) is 5.63. The summed E-state index contributed by atoms with van der Waals surface area (Å²) in [6.45, 7) is 3.56. The molecule has 0 radical (unpaired) electrons. The van der Waals surface area contributed by atoms with Crippen LogP contribution in [0.4, 0.5) is 0 Å². The minimum Gasteiger partial charge on any atom is -0.329 e. The highest BCUT2D eigenvalue weighted by molar-refractivity contribution is 7.17. The van der Waals surface area contributed by atoms with Gasteiger partial charge in [-0.3, -0.25) is 9.69 Å². The maximum absolute atomic E-state index is 12.0. The van der Waals surface area contributed by atoms with E-state index in [-0.39, 0.29) is 5.56 Å². The predicted molar refractivity (Wildman–Crippen MR) is 81.9 cm³/mol. The number of rotatable bonds is 3. The first-order valence-corrected chi connectivity index (χ1v) is 7.99. The molecule has 3 rings (SSSR count). The van der Waals surface area contributed by atoms with E-state index in [2.05, 4.69) is 21.8 Å². The number of aromatic amines is 1. The van der Waals surface area contributed by atoms with E-state index in [1.54, 1.807) is 0 Å². The number of aromatic nitrogens is 2. The topological polar surface area (TPSA) is 75.0 Å². The van der Waals surface area contributed by atoms with Gasteiger partial charge in [0, 0.05) is 18.6 Å². The van der Waals surface area contributed by atoms with Crippen LogP contribution >= 0.6 is 11.3 Å². The summed E-state index contributed by atoms with van der Waals surface area (Å²) in [5, 5.41) is 1.91. The van der Waals surface area contributed by atoms with Crippen molar-refractivity contribution in [2.45, 2.75) is 44.8 Å². The molecule has 1 aliphatic rings. The first-order chi connectivity index (χ1) is 9.69. The number of hydrogen-bond donors (Lipinski definition) is 2. The fourth-order valence-electron chi connectivity index (χ4n) is 3.05. The maximum atomic E-state index is 12.0. The summed E-state index contributed by atoms with van der Waals surface area (Å²) in [7, 11) is 0.